The van der Waals surface area contributed by atoms with Crippen molar-refractivity contribution in [1.29, 1.82) is 0 Å². The predicted molar refractivity (Wildman–Crippen MR) is 88.2 cm³/mol. The number of aromatic nitrogens is 1. The lowest BCUT2D eigenvalue weighted by Crippen LogP contribution is -2.34. The minimum absolute atomic E-state index is 0.0182. The molecule has 1 atom stereocenters. The van der Waals surface area contributed by atoms with Crippen molar-refractivity contribution in [2.75, 3.05) is 17.3 Å². The van der Waals surface area contributed by atoms with E-state index < -0.39 is 0 Å². The molecular formula is C17H19ClN2O3. The molecule has 1 saturated carbocycles. The number of hydrogen-bond donors (Lipinski definition) is 1. The number of aromatic hydroxyl groups is 1. The third kappa shape index (κ3) is 2.21. The number of carbonyl (C=O) groups is 1. The molecule has 4 rings (SSSR count). The number of halogens is 1. The number of amides is 1. The fourth-order valence-electron chi connectivity index (χ4n) is 3.94. The predicted octanol–water partition coefficient (Wildman–Crippen LogP) is 3.70. The summed E-state index contributed by atoms with van der Waals surface area (Å²) in [6.45, 7) is 2.30. The first kappa shape index (κ1) is 14.8. The van der Waals surface area contributed by atoms with Gasteiger partial charge in [-0.15, -0.1) is 11.6 Å². The monoisotopic (exact) mass is 334 g/mol. The highest BCUT2D eigenvalue weighted by Crippen LogP contribution is 2.46. The minimum atomic E-state index is 0.0182. The van der Waals surface area contributed by atoms with Gasteiger partial charge in [-0.1, -0.05) is 12.8 Å². The van der Waals surface area contributed by atoms with E-state index in [1.165, 1.54) is 0 Å². The van der Waals surface area contributed by atoms with Gasteiger partial charge in [0.15, 0.2) is 17.2 Å². The Hall–Kier alpha value is -1.75. The molecule has 1 N–H and O–H groups in total. The SMILES string of the molecule is Cc1nc2c3c(cc(O)c2o1)N(C(=O)C1CCCC1)CC3CCl. The Kier molecular flexibility index (Phi) is 3.48. The molecule has 0 saturated heterocycles. The fraction of sp³-hybridized carbons (Fsp3) is 0.529. The number of benzene rings is 1. The second-order valence-corrected chi connectivity index (χ2v) is 6.83. The molecule has 0 spiro atoms. The van der Waals surface area contributed by atoms with Crippen molar-refractivity contribution in [1.82, 2.24) is 4.98 Å². The molecule has 6 heteroatoms. The number of anilines is 1. The summed E-state index contributed by atoms with van der Waals surface area (Å²) in [6, 6.07) is 1.63. The molecule has 1 aliphatic carbocycles. The van der Waals surface area contributed by atoms with Crippen molar-refractivity contribution in [2.24, 2.45) is 5.92 Å². The number of phenols is 1. The van der Waals surface area contributed by atoms with Gasteiger partial charge < -0.3 is 14.4 Å². The highest BCUT2D eigenvalue weighted by molar-refractivity contribution is 6.19. The highest BCUT2D eigenvalue weighted by Gasteiger charge is 2.38. The van der Waals surface area contributed by atoms with Crippen LogP contribution in [-0.2, 0) is 4.79 Å². The summed E-state index contributed by atoms with van der Waals surface area (Å²) in [4.78, 5) is 19.1. The molecule has 2 heterocycles. The zero-order chi connectivity index (χ0) is 16.1. The number of carbonyl (C=O) groups excluding carboxylic acids is 1. The van der Waals surface area contributed by atoms with Crippen LogP contribution in [0, 0.1) is 12.8 Å². The Morgan fingerprint density at radius 1 is 1.48 bits per heavy atom. The molecule has 0 radical (unpaired) electrons. The van der Waals surface area contributed by atoms with Gasteiger partial charge in [0.25, 0.3) is 0 Å². The third-order valence-electron chi connectivity index (χ3n) is 5.03. The zero-order valence-electron chi connectivity index (χ0n) is 13.0. The topological polar surface area (TPSA) is 66.6 Å². The van der Waals surface area contributed by atoms with Crippen LogP contribution in [0.3, 0.4) is 0 Å². The molecule has 1 aromatic heterocycles. The van der Waals surface area contributed by atoms with Gasteiger partial charge in [0, 0.05) is 42.8 Å². The van der Waals surface area contributed by atoms with E-state index in [0.29, 0.717) is 29.4 Å². The average molecular weight is 335 g/mol. The normalized spacial score (nSPS) is 21.3. The van der Waals surface area contributed by atoms with Gasteiger partial charge in [0.2, 0.25) is 5.91 Å². The summed E-state index contributed by atoms with van der Waals surface area (Å²) in [5.74, 6) is 1.19. The lowest BCUT2D eigenvalue weighted by atomic mass is 10.0. The summed E-state index contributed by atoms with van der Waals surface area (Å²) in [7, 11) is 0. The van der Waals surface area contributed by atoms with E-state index in [1.54, 1.807) is 17.9 Å². The average Bonchev–Trinajstić information content (AvgIpc) is 3.23. The van der Waals surface area contributed by atoms with Gasteiger partial charge in [-0.2, -0.15) is 0 Å². The molecule has 1 amide bonds. The van der Waals surface area contributed by atoms with Crippen molar-refractivity contribution in [2.45, 2.75) is 38.5 Å². The van der Waals surface area contributed by atoms with Crippen LogP contribution < -0.4 is 4.90 Å². The summed E-state index contributed by atoms with van der Waals surface area (Å²) in [5, 5.41) is 10.3. The van der Waals surface area contributed by atoms with Gasteiger partial charge in [-0.25, -0.2) is 4.98 Å². The smallest absolute Gasteiger partial charge is 0.230 e. The van der Waals surface area contributed by atoms with Crippen LogP contribution in [0.5, 0.6) is 5.75 Å². The molecule has 1 fully saturated rings. The van der Waals surface area contributed by atoms with Gasteiger partial charge in [0.05, 0.1) is 5.69 Å². The van der Waals surface area contributed by atoms with E-state index in [2.05, 4.69) is 4.98 Å². The van der Waals surface area contributed by atoms with Crippen molar-refractivity contribution in [3.63, 3.8) is 0 Å². The number of hydrogen-bond acceptors (Lipinski definition) is 4. The van der Waals surface area contributed by atoms with E-state index in [4.69, 9.17) is 16.0 Å². The molecule has 2 aromatic rings. The van der Waals surface area contributed by atoms with Crippen molar-refractivity contribution >= 4 is 34.3 Å². The Bertz CT molecular complexity index is 780. The van der Waals surface area contributed by atoms with Gasteiger partial charge in [0.1, 0.15) is 5.52 Å². The van der Waals surface area contributed by atoms with Crippen LogP contribution >= 0.6 is 11.6 Å². The lowest BCUT2D eigenvalue weighted by Gasteiger charge is -2.21. The first-order valence-corrected chi connectivity index (χ1v) is 8.64. The van der Waals surface area contributed by atoms with Crippen LogP contribution in [0.25, 0.3) is 11.1 Å². The van der Waals surface area contributed by atoms with Crippen LogP contribution in [0.15, 0.2) is 10.5 Å². The first-order chi connectivity index (χ1) is 11.1. The second-order valence-electron chi connectivity index (χ2n) is 6.52. The number of fused-ring (bicyclic) bond motifs is 3. The maximum atomic E-state index is 12.9. The van der Waals surface area contributed by atoms with Crippen molar-refractivity contribution in [3.8, 4) is 5.75 Å². The molecule has 0 bridgehead atoms. The Balaban J connectivity index is 1.84. The van der Waals surface area contributed by atoms with Crippen molar-refractivity contribution in [3.05, 3.63) is 17.5 Å². The van der Waals surface area contributed by atoms with E-state index in [0.717, 1.165) is 36.9 Å². The number of nitrogens with zero attached hydrogens (tertiary/aromatic N) is 2. The molecule has 23 heavy (non-hydrogen) atoms. The zero-order valence-corrected chi connectivity index (χ0v) is 13.8. The maximum Gasteiger partial charge on any atom is 0.230 e. The number of phenolic OH excluding ortho intramolecular Hbond substituents is 1. The Morgan fingerprint density at radius 2 is 2.22 bits per heavy atom. The highest BCUT2D eigenvalue weighted by atomic mass is 35.5. The van der Waals surface area contributed by atoms with Crippen LogP contribution in [0.1, 0.15) is 43.1 Å². The van der Waals surface area contributed by atoms with E-state index >= 15 is 0 Å². The van der Waals surface area contributed by atoms with Crippen molar-refractivity contribution < 1.29 is 14.3 Å². The van der Waals surface area contributed by atoms with E-state index in [1.807, 2.05) is 0 Å². The Labute approximate surface area is 139 Å². The van der Waals surface area contributed by atoms with Crippen LogP contribution in [0.4, 0.5) is 5.69 Å². The molecule has 5 nitrogen and oxygen atoms in total. The lowest BCUT2D eigenvalue weighted by molar-refractivity contribution is -0.122. The van der Waals surface area contributed by atoms with Gasteiger partial charge in [-0.3, -0.25) is 4.79 Å². The molecule has 122 valence electrons. The van der Waals surface area contributed by atoms with Gasteiger partial charge in [-0.05, 0) is 12.8 Å². The number of aryl methyl sites for hydroxylation is 1. The summed E-state index contributed by atoms with van der Waals surface area (Å²) < 4.78 is 5.50. The number of rotatable bonds is 2. The first-order valence-electron chi connectivity index (χ1n) is 8.10. The van der Waals surface area contributed by atoms with E-state index in [-0.39, 0.29) is 23.5 Å². The van der Waals surface area contributed by atoms with Crippen LogP contribution in [0.2, 0.25) is 0 Å². The second kappa shape index (κ2) is 5.41. The standard InChI is InChI=1S/C17H19ClN2O3/c1-9-19-15-14-11(7-18)8-20(17(22)10-4-2-3-5-10)12(14)6-13(21)16(15)23-9/h6,10-11,21H,2-5,7-8H2,1H3. The van der Waals surface area contributed by atoms with E-state index in [9.17, 15) is 9.90 Å². The number of alkyl halides is 1. The minimum Gasteiger partial charge on any atom is -0.504 e. The molecule has 2 aliphatic rings. The van der Waals surface area contributed by atoms with Crippen LogP contribution in [-0.4, -0.2) is 28.4 Å². The van der Waals surface area contributed by atoms with Gasteiger partial charge >= 0.3 is 0 Å². The molecule has 1 aromatic carbocycles. The summed E-state index contributed by atoms with van der Waals surface area (Å²) in [6.07, 6.45) is 4.13. The largest absolute Gasteiger partial charge is 0.504 e. The fourth-order valence-corrected chi connectivity index (χ4v) is 4.19. The molecule has 1 unspecified atom stereocenters. The number of oxazole rings is 1. The summed E-state index contributed by atoms with van der Waals surface area (Å²) >= 11 is 6.15. The quantitative estimate of drug-likeness (QED) is 0.850. The molecule has 1 aliphatic heterocycles. The maximum absolute atomic E-state index is 12.9. The summed E-state index contributed by atoms with van der Waals surface area (Å²) in [5.41, 5.74) is 2.68. The molecular weight excluding hydrogens is 316 g/mol. The Morgan fingerprint density at radius 3 is 2.91 bits per heavy atom. The third-order valence-corrected chi connectivity index (χ3v) is 5.40.